The number of likely N-dealkylation sites (N-methyl/N-ethyl adjacent to an activating group) is 1. The van der Waals surface area contributed by atoms with Gasteiger partial charge in [0.2, 0.25) is 5.88 Å². The summed E-state index contributed by atoms with van der Waals surface area (Å²) >= 11 is 0. The van der Waals surface area contributed by atoms with Gasteiger partial charge >= 0.3 is 0 Å². The van der Waals surface area contributed by atoms with Gasteiger partial charge in [-0.1, -0.05) is 0 Å². The van der Waals surface area contributed by atoms with Crippen molar-refractivity contribution in [3.63, 3.8) is 0 Å². The summed E-state index contributed by atoms with van der Waals surface area (Å²) in [6, 6.07) is 2.17. The lowest BCUT2D eigenvalue weighted by Crippen LogP contribution is -2.43. The molecule has 2 heterocycles. The minimum atomic E-state index is 0.729. The summed E-state index contributed by atoms with van der Waals surface area (Å²) in [6.45, 7) is 7.62. The Bertz CT molecular complexity index is 373. The highest BCUT2D eigenvalue weighted by Gasteiger charge is 2.14. The van der Waals surface area contributed by atoms with Gasteiger partial charge in [0.1, 0.15) is 0 Å². The largest absolute Gasteiger partial charge is 0.481 e. The Labute approximate surface area is 103 Å². The lowest BCUT2D eigenvalue weighted by molar-refractivity contribution is 0.148. The summed E-state index contributed by atoms with van der Waals surface area (Å²) in [6.07, 6.45) is 1.92. The van der Waals surface area contributed by atoms with Gasteiger partial charge in [-0.25, -0.2) is 4.98 Å². The molecule has 0 N–H and O–H groups in total. The second-order valence-corrected chi connectivity index (χ2v) is 4.75. The van der Waals surface area contributed by atoms with Crippen molar-refractivity contribution in [3.8, 4) is 5.88 Å². The van der Waals surface area contributed by atoms with E-state index in [0.29, 0.717) is 0 Å². The number of nitrogens with zero attached hydrogens (tertiary/aromatic N) is 3. The number of aromatic nitrogens is 1. The fourth-order valence-electron chi connectivity index (χ4n) is 2.18. The topological polar surface area (TPSA) is 28.6 Å². The van der Waals surface area contributed by atoms with Crippen molar-refractivity contribution in [3.05, 3.63) is 23.4 Å². The fourth-order valence-corrected chi connectivity index (χ4v) is 2.18. The molecule has 1 fully saturated rings. The van der Waals surface area contributed by atoms with E-state index in [1.54, 1.807) is 7.11 Å². The molecule has 0 saturated carbocycles. The van der Waals surface area contributed by atoms with Crippen LogP contribution in [0.1, 0.15) is 11.1 Å². The Kier molecular flexibility index (Phi) is 3.97. The monoisotopic (exact) mass is 235 g/mol. The van der Waals surface area contributed by atoms with Crippen LogP contribution in [0, 0.1) is 6.92 Å². The van der Waals surface area contributed by atoms with Crippen LogP contribution in [0.15, 0.2) is 12.3 Å². The van der Waals surface area contributed by atoms with Crippen LogP contribution in [-0.4, -0.2) is 55.1 Å². The number of aryl methyl sites for hydroxylation is 1. The van der Waals surface area contributed by atoms with Crippen molar-refractivity contribution < 1.29 is 4.74 Å². The lowest BCUT2D eigenvalue weighted by Gasteiger charge is -2.32. The zero-order chi connectivity index (χ0) is 12.3. The van der Waals surface area contributed by atoms with Gasteiger partial charge in [-0.05, 0) is 25.6 Å². The third kappa shape index (κ3) is 3.17. The Hall–Kier alpha value is -1.13. The Morgan fingerprint density at radius 2 is 2.00 bits per heavy atom. The maximum atomic E-state index is 5.17. The van der Waals surface area contributed by atoms with Crippen LogP contribution in [0.4, 0.5) is 0 Å². The van der Waals surface area contributed by atoms with E-state index in [9.17, 15) is 0 Å². The summed E-state index contributed by atoms with van der Waals surface area (Å²) in [5.74, 6) is 0.729. The van der Waals surface area contributed by atoms with E-state index in [4.69, 9.17) is 4.74 Å². The minimum Gasteiger partial charge on any atom is -0.481 e. The number of hydrogen-bond donors (Lipinski definition) is 0. The molecule has 94 valence electrons. The van der Waals surface area contributed by atoms with Gasteiger partial charge in [0.15, 0.2) is 0 Å². The molecule has 0 atom stereocenters. The molecule has 4 heteroatoms. The van der Waals surface area contributed by atoms with Crippen molar-refractivity contribution in [1.82, 2.24) is 14.8 Å². The van der Waals surface area contributed by atoms with Gasteiger partial charge < -0.3 is 9.64 Å². The first-order valence-corrected chi connectivity index (χ1v) is 6.09. The first-order chi connectivity index (χ1) is 8.19. The molecule has 1 aromatic heterocycles. The van der Waals surface area contributed by atoms with Crippen LogP contribution < -0.4 is 4.74 Å². The maximum absolute atomic E-state index is 5.17. The summed E-state index contributed by atoms with van der Waals surface area (Å²) in [5, 5.41) is 0. The summed E-state index contributed by atoms with van der Waals surface area (Å²) in [5.41, 5.74) is 2.38. The highest BCUT2D eigenvalue weighted by molar-refractivity contribution is 5.28. The molecule has 1 aliphatic heterocycles. The van der Waals surface area contributed by atoms with Crippen LogP contribution in [0.5, 0.6) is 5.88 Å². The molecule has 0 amide bonds. The molecule has 0 bridgehead atoms. The second kappa shape index (κ2) is 5.47. The summed E-state index contributed by atoms with van der Waals surface area (Å²) in [4.78, 5) is 9.16. The molecule has 0 aliphatic carbocycles. The van der Waals surface area contributed by atoms with Crippen molar-refractivity contribution >= 4 is 0 Å². The van der Waals surface area contributed by atoms with Crippen molar-refractivity contribution in [1.29, 1.82) is 0 Å². The Morgan fingerprint density at radius 3 is 2.59 bits per heavy atom. The van der Waals surface area contributed by atoms with Crippen molar-refractivity contribution in [2.45, 2.75) is 13.5 Å². The van der Waals surface area contributed by atoms with E-state index < -0.39 is 0 Å². The zero-order valence-corrected chi connectivity index (χ0v) is 10.9. The van der Waals surface area contributed by atoms with Gasteiger partial charge in [0, 0.05) is 44.5 Å². The third-order valence-electron chi connectivity index (χ3n) is 3.28. The zero-order valence-electron chi connectivity index (χ0n) is 10.9. The highest BCUT2D eigenvalue weighted by atomic mass is 16.5. The Morgan fingerprint density at radius 1 is 1.29 bits per heavy atom. The predicted octanol–water partition coefficient (Wildman–Crippen LogP) is 1.15. The van der Waals surface area contributed by atoms with Gasteiger partial charge in [-0.2, -0.15) is 0 Å². The fraction of sp³-hybridized carbons (Fsp3) is 0.615. The van der Waals surface area contributed by atoms with Crippen LogP contribution in [-0.2, 0) is 6.54 Å². The predicted molar refractivity (Wildman–Crippen MR) is 68.3 cm³/mol. The van der Waals surface area contributed by atoms with Gasteiger partial charge in [0.05, 0.1) is 7.11 Å². The van der Waals surface area contributed by atoms with Crippen LogP contribution in [0.3, 0.4) is 0 Å². The van der Waals surface area contributed by atoms with Crippen molar-refractivity contribution in [2.24, 2.45) is 0 Å². The van der Waals surface area contributed by atoms with Crippen LogP contribution in [0.25, 0.3) is 0 Å². The molecular weight excluding hydrogens is 214 g/mol. The highest BCUT2D eigenvalue weighted by Crippen LogP contribution is 2.16. The van der Waals surface area contributed by atoms with E-state index in [-0.39, 0.29) is 0 Å². The number of pyridine rings is 1. The molecule has 4 nitrogen and oxygen atoms in total. The molecule has 0 radical (unpaired) electrons. The Balaban J connectivity index is 1.97. The maximum Gasteiger partial charge on any atom is 0.215 e. The number of rotatable bonds is 3. The second-order valence-electron chi connectivity index (χ2n) is 4.75. The number of hydrogen-bond acceptors (Lipinski definition) is 4. The van der Waals surface area contributed by atoms with Crippen molar-refractivity contribution in [2.75, 3.05) is 40.3 Å². The number of piperazine rings is 1. The standard InChI is InChI=1S/C13H21N3O/c1-11-8-12(9-14-13(11)17-3)10-16-6-4-15(2)5-7-16/h8-9H,4-7,10H2,1-3H3. The van der Waals surface area contributed by atoms with Gasteiger partial charge in [-0.15, -0.1) is 0 Å². The molecule has 0 aromatic carbocycles. The smallest absolute Gasteiger partial charge is 0.215 e. The molecule has 1 saturated heterocycles. The average molecular weight is 235 g/mol. The molecular formula is C13H21N3O. The van der Waals surface area contributed by atoms with E-state index >= 15 is 0 Å². The summed E-state index contributed by atoms with van der Waals surface area (Å²) < 4.78 is 5.17. The third-order valence-corrected chi connectivity index (χ3v) is 3.28. The number of ether oxygens (including phenoxy) is 1. The van der Waals surface area contributed by atoms with Crippen LogP contribution in [0.2, 0.25) is 0 Å². The van der Waals surface area contributed by atoms with E-state index in [1.807, 2.05) is 13.1 Å². The van der Waals surface area contributed by atoms with Gasteiger partial charge in [0.25, 0.3) is 0 Å². The molecule has 0 unspecified atom stereocenters. The quantitative estimate of drug-likeness (QED) is 0.785. The lowest BCUT2D eigenvalue weighted by atomic mass is 10.2. The molecule has 2 rings (SSSR count). The summed E-state index contributed by atoms with van der Waals surface area (Å²) in [7, 11) is 3.84. The van der Waals surface area contributed by atoms with Crippen LogP contribution >= 0.6 is 0 Å². The van der Waals surface area contributed by atoms with E-state index in [2.05, 4.69) is 27.9 Å². The van der Waals surface area contributed by atoms with E-state index in [0.717, 1.165) is 44.2 Å². The minimum absolute atomic E-state index is 0.729. The van der Waals surface area contributed by atoms with Gasteiger partial charge in [-0.3, -0.25) is 4.90 Å². The SMILES string of the molecule is COc1ncc(CN2CCN(C)CC2)cc1C. The molecule has 17 heavy (non-hydrogen) atoms. The average Bonchev–Trinajstić information content (AvgIpc) is 2.32. The molecule has 0 spiro atoms. The molecule has 1 aromatic rings. The first kappa shape index (κ1) is 12.3. The molecule has 1 aliphatic rings. The van der Waals surface area contributed by atoms with E-state index in [1.165, 1.54) is 5.56 Å². The first-order valence-electron chi connectivity index (χ1n) is 6.09. The normalized spacial score (nSPS) is 18.3. The number of methoxy groups -OCH3 is 1.